The van der Waals surface area contributed by atoms with Crippen LogP contribution in [0.1, 0.15) is 33.1 Å². The fraction of sp³-hybridized carbons (Fsp3) is 0.923. The van der Waals surface area contributed by atoms with Gasteiger partial charge in [0.15, 0.2) is 0 Å². The van der Waals surface area contributed by atoms with Gasteiger partial charge >= 0.3 is 0 Å². The van der Waals surface area contributed by atoms with Crippen LogP contribution < -0.4 is 5.32 Å². The summed E-state index contributed by atoms with van der Waals surface area (Å²) in [4.78, 5) is 16.3. The largest absolute Gasteiger partial charge is 0.342 e. The third-order valence-electron chi connectivity index (χ3n) is 4.08. The number of likely N-dealkylation sites (tertiary alicyclic amines) is 1. The van der Waals surface area contributed by atoms with Gasteiger partial charge in [-0.3, -0.25) is 9.69 Å². The fourth-order valence-corrected chi connectivity index (χ4v) is 3.03. The molecule has 0 aromatic heterocycles. The SMILES string of the molecule is CCN(CC)C(=O)CN1CCC2CCC(C1)N2.Cl. The Morgan fingerprint density at radius 1 is 1.22 bits per heavy atom. The highest BCUT2D eigenvalue weighted by atomic mass is 35.5. The van der Waals surface area contributed by atoms with Gasteiger partial charge in [-0.1, -0.05) is 0 Å². The Balaban J connectivity index is 0.00000162. The number of hydrogen-bond donors (Lipinski definition) is 1. The van der Waals surface area contributed by atoms with Crippen LogP contribution in [-0.2, 0) is 4.79 Å². The molecule has 106 valence electrons. The van der Waals surface area contributed by atoms with Gasteiger partial charge in [-0.25, -0.2) is 0 Å². The molecule has 2 heterocycles. The topological polar surface area (TPSA) is 35.6 Å². The zero-order chi connectivity index (χ0) is 12.3. The summed E-state index contributed by atoms with van der Waals surface area (Å²) in [5.41, 5.74) is 0. The predicted molar refractivity (Wildman–Crippen MR) is 76.2 cm³/mol. The molecule has 2 aliphatic heterocycles. The first kappa shape index (κ1) is 15.7. The van der Waals surface area contributed by atoms with Gasteiger partial charge in [-0.2, -0.15) is 0 Å². The Kier molecular flexibility index (Phi) is 6.39. The number of halogens is 1. The molecular weight excluding hydrogens is 250 g/mol. The molecule has 0 aromatic rings. The number of hydrogen-bond acceptors (Lipinski definition) is 3. The summed E-state index contributed by atoms with van der Waals surface area (Å²) in [7, 11) is 0. The van der Waals surface area contributed by atoms with Crippen LogP contribution in [0, 0.1) is 0 Å². The molecule has 0 saturated carbocycles. The number of amides is 1. The lowest BCUT2D eigenvalue weighted by molar-refractivity contribution is -0.132. The first-order valence-corrected chi connectivity index (χ1v) is 6.99. The number of rotatable bonds is 4. The quantitative estimate of drug-likeness (QED) is 0.835. The normalized spacial score (nSPS) is 27.4. The molecule has 5 heteroatoms. The van der Waals surface area contributed by atoms with E-state index >= 15 is 0 Å². The van der Waals surface area contributed by atoms with E-state index in [-0.39, 0.29) is 18.3 Å². The molecule has 0 aliphatic carbocycles. The molecule has 2 bridgehead atoms. The van der Waals surface area contributed by atoms with E-state index in [1.54, 1.807) is 0 Å². The zero-order valence-electron chi connectivity index (χ0n) is 11.5. The lowest BCUT2D eigenvalue weighted by atomic mass is 10.1. The molecule has 1 N–H and O–H groups in total. The second kappa shape index (κ2) is 7.31. The minimum Gasteiger partial charge on any atom is -0.342 e. The molecule has 0 radical (unpaired) electrons. The molecule has 2 fully saturated rings. The summed E-state index contributed by atoms with van der Waals surface area (Å²) in [6, 6.07) is 1.32. The van der Waals surface area contributed by atoms with E-state index in [0.29, 0.717) is 18.6 Å². The van der Waals surface area contributed by atoms with Crippen LogP contribution >= 0.6 is 12.4 Å². The Labute approximate surface area is 116 Å². The van der Waals surface area contributed by atoms with Gasteiger partial charge in [-0.15, -0.1) is 12.4 Å². The average Bonchev–Trinajstić information content (AvgIpc) is 2.64. The van der Waals surface area contributed by atoms with Crippen molar-refractivity contribution < 1.29 is 4.79 Å². The van der Waals surface area contributed by atoms with Gasteiger partial charge in [0.25, 0.3) is 0 Å². The number of nitrogens with zero attached hydrogens (tertiary/aromatic N) is 2. The maximum Gasteiger partial charge on any atom is 0.236 e. The third-order valence-corrected chi connectivity index (χ3v) is 4.08. The van der Waals surface area contributed by atoms with E-state index in [4.69, 9.17) is 0 Å². The zero-order valence-corrected chi connectivity index (χ0v) is 12.3. The van der Waals surface area contributed by atoms with Crippen molar-refractivity contribution in [2.45, 2.75) is 45.2 Å². The fourth-order valence-electron chi connectivity index (χ4n) is 3.03. The number of carbonyl (C=O) groups excluding carboxylic acids is 1. The molecule has 0 spiro atoms. The third kappa shape index (κ3) is 3.84. The lowest BCUT2D eigenvalue weighted by Gasteiger charge is -2.26. The summed E-state index contributed by atoms with van der Waals surface area (Å²) in [6.45, 7) is 8.47. The van der Waals surface area contributed by atoms with Gasteiger partial charge in [-0.05, 0) is 33.1 Å². The molecule has 0 aromatic carbocycles. The highest BCUT2D eigenvalue weighted by molar-refractivity contribution is 5.85. The Bertz CT molecular complexity index is 271. The van der Waals surface area contributed by atoms with E-state index in [1.807, 2.05) is 18.7 Å². The van der Waals surface area contributed by atoms with E-state index in [1.165, 1.54) is 19.3 Å². The van der Waals surface area contributed by atoms with Crippen LogP contribution in [-0.4, -0.2) is 60.5 Å². The first-order chi connectivity index (χ1) is 8.22. The van der Waals surface area contributed by atoms with Crippen molar-refractivity contribution in [2.75, 3.05) is 32.7 Å². The molecule has 2 aliphatic rings. The first-order valence-electron chi connectivity index (χ1n) is 6.99. The Morgan fingerprint density at radius 3 is 2.56 bits per heavy atom. The second-order valence-electron chi connectivity index (χ2n) is 5.23. The monoisotopic (exact) mass is 275 g/mol. The van der Waals surface area contributed by atoms with Crippen LogP contribution in [0.3, 0.4) is 0 Å². The van der Waals surface area contributed by atoms with E-state index in [0.717, 1.165) is 26.2 Å². The van der Waals surface area contributed by atoms with Crippen molar-refractivity contribution in [3.05, 3.63) is 0 Å². The van der Waals surface area contributed by atoms with Crippen molar-refractivity contribution in [1.29, 1.82) is 0 Å². The van der Waals surface area contributed by atoms with E-state index in [2.05, 4.69) is 10.2 Å². The number of fused-ring (bicyclic) bond motifs is 2. The maximum atomic E-state index is 12.1. The van der Waals surface area contributed by atoms with Crippen molar-refractivity contribution in [2.24, 2.45) is 0 Å². The lowest BCUT2D eigenvalue weighted by Crippen LogP contribution is -2.43. The van der Waals surface area contributed by atoms with E-state index < -0.39 is 0 Å². The molecule has 1 amide bonds. The average molecular weight is 276 g/mol. The van der Waals surface area contributed by atoms with Crippen LogP contribution in [0.15, 0.2) is 0 Å². The number of carbonyl (C=O) groups is 1. The van der Waals surface area contributed by atoms with Crippen LogP contribution in [0.2, 0.25) is 0 Å². The van der Waals surface area contributed by atoms with Gasteiger partial charge in [0, 0.05) is 38.3 Å². The van der Waals surface area contributed by atoms with Crippen molar-refractivity contribution in [3.63, 3.8) is 0 Å². The van der Waals surface area contributed by atoms with Crippen molar-refractivity contribution in [3.8, 4) is 0 Å². The highest BCUT2D eigenvalue weighted by Gasteiger charge is 2.30. The summed E-state index contributed by atoms with van der Waals surface area (Å²) < 4.78 is 0. The number of nitrogens with one attached hydrogen (secondary N) is 1. The number of likely N-dealkylation sites (N-methyl/N-ethyl adjacent to an activating group) is 1. The summed E-state index contributed by atoms with van der Waals surface area (Å²) in [5, 5.41) is 3.65. The highest BCUT2D eigenvalue weighted by Crippen LogP contribution is 2.20. The van der Waals surface area contributed by atoms with Gasteiger partial charge < -0.3 is 10.2 Å². The van der Waals surface area contributed by atoms with Crippen molar-refractivity contribution in [1.82, 2.24) is 15.1 Å². The summed E-state index contributed by atoms with van der Waals surface area (Å²) in [6.07, 6.45) is 3.80. The molecule has 2 saturated heterocycles. The smallest absolute Gasteiger partial charge is 0.236 e. The Morgan fingerprint density at radius 2 is 1.89 bits per heavy atom. The van der Waals surface area contributed by atoms with Gasteiger partial charge in [0.1, 0.15) is 0 Å². The summed E-state index contributed by atoms with van der Waals surface area (Å²) >= 11 is 0. The predicted octanol–water partition coefficient (Wildman–Crippen LogP) is 1.10. The minimum atomic E-state index is 0. The maximum absolute atomic E-state index is 12.1. The summed E-state index contributed by atoms with van der Waals surface area (Å²) in [5.74, 6) is 0.285. The molecule has 2 atom stereocenters. The van der Waals surface area contributed by atoms with E-state index in [9.17, 15) is 4.79 Å². The van der Waals surface area contributed by atoms with Crippen LogP contribution in [0.25, 0.3) is 0 Å². The molecular formula is C13H26ClN3O. The van der Waals surface area contributed by atoms with Crippen LogP contribution in [0.5, 0.6) is 0 Å². The standard InChI is InChI=1S/C13H25N3O.ClH/c1-3-16(4-2)13(17)10-15-8-7-11-5-6-12(9-15)14-11;/h11-12,14H,3-10H2,1-2H3;1H. The second-order valence-corrected chi connectivity index (χ2v) is 5.23. The Hall–Kier alpha value is -0.320. The molecule has 4 nitrogen and oxygen atoms in total. The molecule has 2 rings (SSSR count). The minimum absolute atomic E-state index is 0. The molecule has 2 unspecified atom stereocenters. The van der Waals surface area contributed by atoms with Gasteiger partial charge in [0.05, 0.1) is 6.54 Å². The molecule has 18 heavy (non-hydrogen) atoms. The van der Waals surface area contributed by atoms with Gasteiger partial charge in [0.2, 0.25) is 5.91 Å². The van der Waals surface area contributed by atoms with Crippen molar-refractivity contribution >= 4 is 18.3 Å². The van der Waals surface area contributed by atoms with Crippen LogP contribution in [0.4, 0.5) is 0 Å².